The smallest absolute Gasteiger partial charge is 0.255 e. The molecule has 1 amide bonds. The Kier molecular flexibility index (Phi) is 12.3. The van der Waals surface area contributed by atoms with E-state index in [2.05, 4.69) is 34.5 Å². The molecular formula is C35H41N3O3. The lowest BCUT2D eigenvalue weighted by Crippen LogP contribution is -2.31. The first-order valence-electron chi connectivity index (χ1n) is 14.4. The Labute approximate surface area is 244 Å². The van der Waals surface area contributed by atoms with Gasteiger partial charge in [-0.05, 0) is 61.2 Å². The lowest BCUT2D eigenvalue weighted by atomic mass is 10.1. The Balaban J connectivity index is 1.39. The molecule has 0 aromatic heterocycles. The van der Waals surface area contributed by atoms with Gasteiger partial charge in [-0.3, -0.25) is 9.69 Å². The molecule has 0 saturated carbocycles. The third-order valence-electron chi connectivity index (χ3n) is 6.80. The monoisotopic (exact) mass is 551 g/mol. The average Bonchev–Trinajstić information content (AvgIpc) is 3.02. The largest absolute Gasteiger partial charge is 0.485 e. The second-order valence-electron chi connectivity index (χ2n) is 10.0. The van der Waals surface area contributed by atoms with E-state index in [1.807, 2.05) is 78.9 Å². The first-order chi connectivity index (χ1) is 20.2. The van der Waals surface area contributed by atoms with Crippen molar-refractivity contribution in [2.24, 2.45) is 5.73 Å². The number of carbonyl (C=O) groups excluding carboxylic acids is 1. The SMILES string of the molecule is NCCCCN(CCCNC(=O)c1cccc(OCc2ccccc2)c1OCc1ccccc1)Cc1ccccc1. The summed E-state index contributed by atoms with van der Waals surface area (Å²) in [7, 11) is 0. The second kappa shape index (κ2) is 16.9. The minimum Gasteiger partial charge on any atom is -0.485 e. The average molecular weight is 552 g/mol. The standard InChI is InChI=1S/C35H41N3O3/c36-22-10-11-24-38(26-29-14-4-1-5-15-29)25-13-23-37-35(39)32-20-12-21-33(40-27-30-16-6-2-7-17-30)34(32)41-28-31-18-8-3-9-19-31/h1-9,12,14-21H,10-11,13,22-28,36H2,(H,37,39). The van der Waals surface area contributed by atoms with Gasteiger partial charge in [-0.1, -0.05) is 97.1 Å². The van der Waals surface area contributed by atoms with Gasteiger partial charge in [0, 0.05) is 19.6 Å². The molecule has 6 nitrogen and oxygen atoms in total. The highest BCUT2D eigenvalue weighted by Crippen LogP contribution is 2.33. The molecule has 214 valence electrons. The summed E-state index contributed by atoms with van der Waals surface area (Å²) in [5.41, 5.74) is 9.54. The predicted molar refractivity (Wildman–Crippen MR) is 165 cm³/mol. The molecule has 0 bridgehead atoms. The Morgan fingerprint density at radius 3 is 1.88 bits per heavy atom. The number of amides is 1. The summed E-state index contributed by atoms with van der Waals surface area (Å²) in [6, 6.07) is 35.9. The van der Waals surface area contributed by atoms with Crippen molar-refractivity contribution in [1.29, 1.82) is 0 Å². The second-order valence-corrected chi connectivity index (χ2v) is 10.0. The van der Waals surface area contributed by atoms with Crippen LogP contribution in [0.5, 0.6) is 11.5 Å². The molecule has 3 N–H and O–H groups in total. The van der Waals surface area contributed by atoms with Crippen LogP contribution in [-0.4, -0.2) is 37.0 Å². The van der Waals surface area contributed by atoms with E-state index in [4.69, 9.17) is 15.2 Å². The fraction of sp³-hybridized carbons (Fsp3) is 0.286. The van der Waals surface area contributed by atoms with Gasteiger partial charge in [-0.2, -0.15) is 0 Å². The summed E-state index contributed by atoms with van der Waals surface area (Å²) < 4.78 is 12.4. The lowest BCUT2D eigenvalue weighted by molar-refractivity contribution is 0.0945. The van der Waals surface area contributed by atoms with E-state index < -0.39 is 0 Å². The van der Waals surface area contributed by atoms with Crippen LogP contribution in [-0.2, 0) is 19.8 Å². The number of unbranched alkanes of at least 4 members (excludes halogenated alkanes) is 1. The number of hydrogen-bond donors (Lipinski definition) is 2. The Morgan fingerprint density at radius 2 is 1.24 bits per heavy atom. The molecule has 0 saturated heterocycles. The van der Waals surface area contributed by atoms with Gasteiger partial charge in [0.05, 0.1) is 5.56 Å². The molecule has 0 heterocycles. The molecule has 0 aliphatic rings. The number of rotatable bonds is 17. The summed E-state index contributed by atoms with van der Waals surface area (Å²) in [5.74, 6) is 0.833. The number of nitrogens with two attached hydrogens (primary N) is 1. The molecule has 0 unspecified atom stereocenters. The minimum absolute atomic E-state index is 0.170. The van der Waals surface area contributed by atoms with Crippen molar-refractivity contribution < 1.29 is 14.3 Å². The molecule has 41 heavy (non-hydrogen) atoms. The number of carbonyl (C=O) groups is 1. The summed E-state index contributed by atoms with van der Waals surface area (Å²) in [4.78, 5) is 15.8. The summed E-state index contributed by atoms with van der Waals surface area (Å²) in [6.45, 7) is 4.75. The predicted octanol–water partition coefficient (Wildman–Crippen LogP) is 6.21. The molecule has 0 fully saturated rings. The summed E-state index contributed by atoms with van der Waals surface area (Å²) in [5, 5.41) is 3.10. The normalized spacial score (nSPS) is 10.9. The van der Waals surface area contributed by atoms with E-state index in [-0.39, 0.29) is 5.91 Å². The maximum absolute atomic E-state index is 13.4. The third-order valence-corrected chi connectivity index (χ3v) is 6.80. The molecule has 0 aliphatic carbocycles. The van der Waals surface area contributed by atoms with Crippen LogP contribution in [0.15, 0.2) is 109 Å². The zero-order valence-corrected chi connectivity index (χ0v) is 23.7. The highest BCUT2D eigenvalue weighted by Gasteiger charge is 2.18. The molecule has 0 spiro atoms. The van der Waals surface area contributed by atoms with Crippen molar-refractivity contribution in [2.45, 2.75) is 39.0 Å². The van der Waals surface area contributed by atoms with Gasteiger partial charge < -0.3 is 20.5 Å². The van der Waals surface area contributed by atoms with Gasteiger partial charge in [-0.15, -0.1) is 0 Å². The van der Waals surface area contributed by atoms with E-state index in [0.717, 1.165) is 50.0 Å². The van der Waals surface area contributed by atoms with Crippen LogP contribution < -0.4 is 20.5 Å². The van der Waals surface area contributed by atoms with Crippen molar-refractivity contribution in [1.82, 2.24) is 10.2 Å². The molecule has 4 aromatic rings. The van der Waals surface area contributed by atoms with Crippen molar-refractivity contribution in [2.75, 3.05) is 26.2 Å². The topological polar surface area (TPSA) is 76.8 Å². The molecule has 4 rings (SSSR count). The fourth-order valence-corrected chi connectivity index (χ4v) is 4.61. The van der Waals surface area contributed by atoms with Gasteiger partial charge in [0.15, 0.2) is 11.5 Å². The number of nitrogens with one attached hydrogen (secondary N) is 1. The first kappa shape index (κ1) is 29.8. The minimum atomic E-state index is -0.170. The van der Waals surface area contributed by atoms with E-state index in [9.17, 15) is 4.79 Å². The number of ether oxygens (including phenoxy) is 2. The number of hydrogen-bond acceptors (Lipinski definition) is 5. The first-order valence-corrected chi connectivity index (χ1v) is 14.4. The molecular weight excluding hydrogens is 510 g/mol. The van der Waals surface area contributed by atoms with E-state index in [0.29, 0.717) is 43.4 Å². The Bertz CT molecular complexity index is 1300. The Morgan fingerprint density at radius 1 is 0.659 bits per heavy atom. The van der Waals surface area contributed by atoms with Crippen LogP contribution in [0.4, 0.5) is 0 Å². The van der Waals surface area contributed by atoms with Gasteiger partial charge >= 0.3 is 0 Å². The quantitative estimate of drug-likeness (QED) is 0.153. The van der Waals surface area contributed by atoms with E-state index in [1.54, 1.807) is 6.07 Å². The number of nitrogens with zero attached hydrogens (tertiary/aromatic N) is 1. The number of benzene rings is 4. The van der Waals surface area contributed by atoms with Gasteiger partial charge in [0.1, 0.15) is 13.2 Å². The van der Waals surface area contributed by atoms with Crippen LogP contribution in [0.1, 0.15) is 46.3 Å². The van der Waals surface area contributed by atoms with Crippen LogP contribution in [0, 0.1) is 0 Å². The van der Waals surface area contributed by atoms with Gasteiger partial charge in [0.25, 0.3) is 5.91 Å². The molecule has 0 atom stereocenters. The molecule has 4 aromatic carbocycles. The van der Waals surface area contributed by atoms with Gasteiger partial charge in [0.2, 0.25) is 0 Å². The maximum Gasteiger partial charge on any atom is 0.255 e. The van der Waals surface area contributed by atoms with Crippen LogP contribution in [0.3, 0.4) is 0 Å². The summed E-state index contributed by atoms with van der Waals surface area (Å²) in [6.07, 6.45) is 2.91. The van der Waals surface area contributed by atoms with Crippen LogP contribution >= 0.6 is 0 Å². The van der Waals surface area contributed by atoms with Crippen molar-refractivity contribution in [3.05, 3.63) is 131 Å². The zero-order valence-electron chi connectivity index (χ0n) is 23.7. The van der Waals surface area contributed by atoms with Crippen molar-refractivity contribution in [3.8, 4) is 11.5 Å². The molecule has 6 heteroatoms. The summed E-state index contributed by atoms with van der Waals surface area (Å²) >= 11 is 0. The molecule has 0 radical (unpaired) electrons. The zero-order chi connectivity index (χ0) is 28.5. The number of para-hydroxylation sites is 1. The van der Waals surface area contributed by atoms with E-state index >= 15 is 0 Å². The van der Waals surface area contributed by atoms with Crippen molar-refractivity contribution in [3.63, 3.8) is 0 Å². The third kappa shape index (κ3) is 10.1. The van der Waals surface area contributed by atoms with Crippen LogP contribution in [0.2, 0.25) is 0 Å². The maximum atomic E-state index is 13.4. The highest BCUT2D eigenvalue weighted by atomic mass is 16.5. The Hall–Kier alpha value is -4.13. The van der Waals surface area contributed by atoms with Crippen LogP contribution in [0.25, 0.3) is 0 Å². The highest BCUT2D eigenvalue weighted by molar-refractivity contribution is 5.97. The van der Waals surface area contributed by atoms with Gasteiger partial charge in [-0.25, -0.2) is 0 Å². The van der Waals surface area contributed by atoms with E-state index in [1.165, 1.54) is 5.56 Å². The van der Waals surface area contributed by atoms with Crippen molar-refractivity contribution >= 4 is 5.91 Å². The fourth-order valence-electron chi connectivity index (χ4n) is 4.61. The molecule has 0 aliphatic heterocycles. The lowest BCUT2D eigenvalue weighted by Gasteiger charge is -2.22.